The molecule has 3 rings (SSSR count). The van der Waals surface area contributed by atoms with Gasteiger partial charge in [0.1, 0.15) is 10.5 Å². The third kappa shape index (κ3) is 2.31. The molecule has 0 aliphatic rings. The van der Waals surface area contributed by atoms with Crippen LogP contribution >= 0.6 is 11.3 Å². The zero-order valence-corrected chi connectivity index (χ0v) is 11.7. The van der Waals surface area contributed by atoms with E-state index in [1.807, 2.05) is 23.9 Å². The van der Waals surface area contributed by atoms with Gasteiger partial charge in [-0.2, -0.15) is 0 Å². The largest absolute Gasteiger partial charge is 0.362 e. The van der Waals surface area contributed by atoms with Gasteiger partial charge >= 0.3 is 0 Å². The van der Waals surface area contributed by atoms with Gasteiger partial charge in [0.2, 0.25) is 0 Å². The number of rotatable bonds is 4. The number of pyridine rings is 1. The molecule has 0 atom stereocenters. The van der Waals surface area contributed by atoms with Crippen molar-refractivity contribution in [2.45, 2.75) is 19.9 Å². The lowest BCUT2D eigenvalue weighted by molar-refractivity contribution is 0.947. The Morgan fingerprint density at radius 3 is 3.00 bits per heavy atom. The summed E-state index contributed by atoms with van der Waals surface area (Å²) >= 11 is 1.74. The zero-order chi connectivity index (χ0) is 13.2. The molecular formula is C13H15N5S. The normalized spacial score (nSPS) is 11.1. The minimum atomic E-state index is 0.688. The first kappa shape index (κ1) is 12.1. The van der Waals surface area contributed by atoms with E-state index in [2.05, 4.69) is 27.2 Å². The standard InChI is InChI=1S/C13H15N5S/c1-3-9-6-15-11(19-9)7-16-13-12-10(4-5-14-13)18(2)8-17-12/h4-6,8H,3,7H2,1-2H3,(H,14,16). The predicted molar refractivity (Wildman–Crippen MR) is 77.3 cm³/mol. The van der Waals surface area contributed by atoms with E-state index in [1.54, 1.807) is 23.9 Å². The second kappa shape index (κ2) is 4.97. The van der Waals surface area contributed by atoms with Gasteiger partial charge in [-0.1, -0.05) is 6.92 Å². The van der Waals surface area contributed by atoms with Gasteiger partial charge in [-0.3, -0.25) is 0 Å². The lowest BCUT2D eigenvalue weighted by Gasteiger charge is -2.04. The highest BCUT2D eigenvalue weighted by molar-refractivity contribution is 7.11. The van der Waals surface area contributed by atoms with Gasteiger partial charge in [0.05, 0.1) is 18.4 Å². The Kier molecular flexibility index (Phi) is 3.16. The lowest BCUT2D eigenvalue weighted by atomic mass is 10.4. The summed E-state index contributed by atoms with van der Waals surface area (Å²) in [5.74, 6) is 0.811. The summed E-state index contributed by atoms with van der Waals surface area (Å²) in [6.45, 7) is 2.83. The number of nitrogens with one attached hydrogen (secondary N) is 1. The van der Waals surface area contributed by atoms with Crippen molar-refractivity contribution in [3.8, 4) is 0 Å². The molecule has 0 amide bonds. The molecule has 0 bridgehead atoms. The molecule has 1 N–H and O–H groups in total. The summed E-state index contributed by atoms with van der Waals surface area (Å²) in [6.07, 6.45) is 6.57. The number of anilines is 1. The van der Waals surface area contributed by atoms with Crippen LogP contribution in [0.15, 0.2) is 24.8 Å². The van der Waals surface area contributed by atoms with E-state index >= 15 is 0 Å². The highest BCUT2D eigenvalue weighted by Crippen LogP contribution is 2.20. The van der Waals surface area contributed by atoms with Gasteiger partial charge in [-0.15, -0.1) is 11.3 Å². The number of hydrogen-bond acceptors (Lipinski definition) is 5. The summed E-state index contributed by atoms with van der Waals surface area (Å²) in [5.41, 5.74) is 1.98. The second-order valence-electron chi connectivity index (χ2n) is 4.31. The SMILES string of the molecule is CCc1cnc(CNc2nccc3c2ncn3C)s1. The third-order valence-electron chi connectivity index (χ3n) is 3.00. The van der Waals surface area contributed by atoms with E-state index in [0.717, 1.165) is 28.3 Å². The van der Waals surface area contributed by atoms with Crippen LogP contribution in [0.25, 0.3) is 11.0 Å². The smallest absolute Gasteiger partial charge is 0.154 e. The van der Waals surface area contributed by atoms with E-state index in [1.165, 1.54) is 4.88 Å². The van der Waals surface area contributed by atoms with Gasteiger partial charge in [-0.25, -0.2) is 15.0 Å². The van der Waals surface area contributed by atoms with Crippen LogP contribution in [-0.2, 0) is 20.0 Å². The van der Waals surface area contributed by atoms with Crippen LogP contribution in [0.2, 0.25) is 0 Å². The van der Waals surface area contributed by atoms with Gasteiger partial charge < -0.3 is 9.88 Å². The Morgan fingerprint density at radius 2 is 2.21 bits per heavy atom. The van der Waals surface area contributed by atoms with Crippen molar-refractivity contribution in [3.05, 3.63) is 34.7 Å². The van der Waals surface area contributed by atoms with Gasteiger partial charge in [0, 0.05) is 24.3 Å². The molecule has 0 aliphatic carbocycles. The predicted octanol–water partition coefficient (Wildman–Crippen LogP) is 2.60. The molecule has 0 saturated heterocycles. The molecule has 3 heterocycles. The van der Waals surface area contributed by atoms with Crippen LogP contribution in [0, 0.1) is 0 Å². The first-order chi connectivity index (χ1) is 9.28. The van der Waals surface area contributed by atoms with Crippen molar-refractivity contribution in [2.24, 2.45) is 7.05 Å². The molecule has 5 nitrogen and oxygen atoms in total. The molecule has 0 radical (unpaired) electrons. The molecule has 0 aliphatic heterocycles. The van der Waals surface area contributed by atoms with Crippen LogP contribution in [-0.4, -0.2) is 19.5 Å². The van der Waals surface area contributed by atoms with Crippen molar-refractivity contribution in [2.75, 3.05) is 5.32 Å². The van der Waals surface area contributed by atoms with Crippen molar-refractivity contribution in [1.82, 2.24) is 19.5 Å². The van der Waals surface area contributed by atoms with Crippen molar-refractivity contribution < 1.29 is 0 Å². The molecule has 19 heavy (non-hydrogen) atoms. The average molecular weight is 273 g/mol. The minimum Gasteiger partial charge on any atom is -0.362 e. The zero-order valence-electron chi connectivity index (χ0n) is 10.9. The minimum absolute atomic E-state index is 0.688. The Labute approximate surface area is 115 Å². The monoisotopic (exact) mass is 273 g/mol. The highest BCUT2D eigenvalue weighted by atomic mass is 32.1. The van der Waals surface area contributed by atoms with E-state index in [4.69, 9.17) is 0 Å². The molecule has 0 spiro atoms. The lowest BCUT2D eigenvalue weighted by Crippen LogP contribution is -2.01. The topological polar surface area (TPSA) is 55.6 Å². The maximum Gasteiger partial charge on any atom is 0.154 e. The summed E-state index contributed by atoms with van der Waals surface area (Å²) in [5, 5.41) is 4.39. The quantitative estimate of drug-likeness (QED) is 0.794. The summed E-state index contributed by atoms with van der Waals surface area (Å²) in [6, 6.07) is 1.96. The number of fused-ring (bicyclic) bond motifs is 1. The van der Waals surface area contributed by atoms with Gasteiger partial charge in [0.15, 0.2) is 5.82 Å². The number of thiazole rings is 1. The fourth-order valence-corrected chi connectivity index (χ4v) is 2.75. The van der Waals surface area contributed by atoms with E-state index < -0.39 is 0 Å². The molecule has 3 aromatic heterocycles. The second-order valence-corrected chi connectivity index (χ2v) is 5.51. The molecule has 0 aromatic carbocycles. The van der Waals surface area contributed by atoms with Gasteiger partial charge in [-0.05, 0) is 12.5 Å². The van der Waals surface area contributed by atoms with Crippen LogP contribution < -0.4 is 5.32 Å². The Bertz CT molecular complexity index is 700. The van der Waals surface area contributed by atoms with Crippen LogP contribution in [0.3, 0.4) is 0 Å². The molecule has 3 aromatic rings. The van der Waals surface area contributed by atoms with Crippen molar-refractivity contribution in [1.29, 1.82) is 0 Å². The molecule has 98 valence electrons. The van der Waals surface area contributed by atoms with Crippen molar-refractivity contribution >= 4 is 28.2 Å². The fourth-order valence-electron chi connectivity index (χ4n) is 1.94. The summed E-state index contributed by atoms with van der Waals surface area (Å²) < 4.78 is 1.99. The molecular weight excluding hydrogens is 258 g/mol. The number of imidazole rings is 1. The van der Waals surface area contributed by atoms with Crippen molar-refractivity contribution in [3.63, 3.8) is 0 Å². The molecule has 6 heteroatoms. The molecule has 0 fully saturated rings. The Morgan fingerprint density at radius 1 is 1.32 bits per heavy atom. The number of aryl methyl sites for hydroxylation is 2. The summed E-state index contributed by atoms with van der Waals surface area (Å²) in [7, 11) is 1.98. The van der Waals surface area contributed by atoms with Gasteiger partial charge in [0.25, 0.3) is 0 Å². The van der Waals surface area contributed by atoms with Crippen LogP contribution in [0.5, 0.6) is 0 Å². The Balaban J connectivity index is 1.81. The van der Waals surface area contributed by atoms with E-state index in [0.29, 0.717) is 6.54 Å². The maximum absolute atomic E-state index is 4.39. The number of aromatic nitrogens is 4. The van der Waals surface area contributed by atoms with Crippen LogP contribution in [0.1, 0.15) is 16.8 Å². The third-order valence-corrected chi connectivity index (χ3v) is 4.14. The maximum atomic E-state index is 4.39. The highest BCUT2D eigenvalue weighted by Gasteiger charge is 2.07. The number of nitrogens with zero attached hydrogens (tertiary/aromatic N) is 4. The molecule has 0 unspecified atom stereocenters. The summed E-state index contributed by atoms with van der Waals surface area (Å²) in [4.78, 5) is 14.4. The first-order valence-corrected chi connectivity index (χ1v) is 7.03. The first-order valence-electron chi connectivity index (χ1n) is 6.21. The number of hydrogen-bond donors (Lipinski definition) is 1. The fraction of sp³-hybridized carbons (Fsp3) is 0.308. The van der Waals surface area contributed by atoms with E-state index in [-0.39, 0.29) is 0 Å². The average Bonchev–Trinajstić information content (AvgIpc) is 3.04. The Hall–Kier alpha value is -1.95. The molecule has 0 saturated carbocycles. The van der Waals surface area contributed by atoms with Crippen LogP contribution in [0.4, 0.5) is 5.82 Å². The van der Waals surface area contributed by atoms with E-state index in [9.17, 15) is 0 Å².